The van der Waals surface area contributed by atoms with E-state index in [1.54, 1.807) is 0 Å². The van der Waals surface area contributed by atoms with Gasteiger partial charge in [-0.1, -0.05) is 13.8 Å². The average molecular weight is 196 g/mol. The minimum atomic E-state index is -0.0272. The number of rotatable bonds is 2. The van der Waals surface area contributed by atoms with Gasteiger partial charge in [0.1, 0.15) is 0 Å². The summed E-state index contributed by atoms with van der Waals surface area (Å²) in [6.07, 6.45) is 1.93. The van der Waals surface area contributed by atoms with Crippen LogP contribution in [0.2, 0.25) is 0 Å². The highest BCUT2D eigenvalue weighted by Gasteiger charge is 2.23. The van der Waals surface area contributed by atoms with Gasteiger partial charge in [-0.2, -0.15) is 0 Å². The van der Waals surface area contributed by atoms with E-state index in [0.29, 0.717) is 0 Å². The van der Waals surface area contributed by atoms with Gasteiger partial charge in [-0.15, -0.1) is 0 Å². The van der Waals surface area contributed by atoms with Crippen LogP contribution in [0.25, 0.3) is 0 Å². The molecule has 0 aliphatic carbocycles. The zero-order valence-corrected chi connectivity index (χ0v) is 9.55. The lowest BCUT2D eigenvalue weighted by molar-refractivity contribution is -0.124. The Balaban J connectivity index is 2.93. The second-order valence-electron chi connectivity index (χ2n) is 3.87. The monoisotopic (exact) mass is 196 g/mol. The van der Waals surface area contributed by atoms with Gasteiger partial charge in [0.25, 0.3) is 0 Å². The van der Waals surface area contributed by atoms with E-state index < -0.39 is 0 Å². The molecule has 0 aromatic rings. The first kappa shape index (κ1) is 11.2. The van der Waals surface area contributed by atoms with Gasteiger partial charge in [-0.05, 0) is 32.4 Å². The Labute approximate surface area is 86.2 Å². The number of carbonyl (C=O) groups excluding carboxylic acids is 1. The van der Waals surface area contributed by atoms with Crippen molar-refractivity contribution in [1.29, 1.82) is 0 Å². The largest absolute Gasteiger partial charge is 0.328 e. The van der Waals surface area contributed by atoms with Crippen LogP contribution in [0.15, 0.2) is 11.3 Å². The molecule has 1 atom stereocenters. The molecule has 0 bridgehead atoms. The fourth-order valence-electron chi connectivity index (χ4n) is 1.74. The lowest BCUT2D eigenvalue weighted by Crippen LogP contribution is -2.40. The first-order valence-corrected chi connectivity index (χ1v) is 5.32. The van der Waals surface area contributed by atoms with E-state index in [9.17, 15) is 4.79 Å². The van der Waals surface area contributed by atoms with Crippen LogP contribution in [-0.4, -0.2) is 30.4 Å². The molecule has 1 aliphatic rings. The van der Waals surface area contributed by atoms with Crippen LogP contribution < -0.4 is 5.32 Å². The molecule has 3 nitrogen and oxygen atoms in total. The lowest BCUT2D eigenvalue weighted by Gasteiger charge is -2.20. The second-order valence-corrected chi connectivity index (χ2v) is 3.87. The van der Waals surface area contributed by atoms with E-state index in [0.717, 1.165) is 25.1 Å². The summed E-state index contributed by atoms with van der Waals surface area (Å²) in [6.45, 7) is 7.07. The van der Waals surface area contributed by atoms with Crippen LogP contribution in [0.1, 0.15) is 33.6 Å². The summed E-state index contributed by atoms with van der Waals surface area (Å²) in [4.78, 5) is 13.8. The van der Waals surface area contributed by atoms with Crippen LogP contribution in [0.5, 0.6) is 0 Å². The summed E-state index contributed by atoms with van der Waals surface area (Å²) in [6, 6.07) is -0.0272. The van der Waals surface area contributed by atoms with E-state index in [4.69, 9.17) is 0 Å². The van der Waals surface area contributed by atoms with Crippen molar-refractivity contribution in [1.82, 2.24) is 10.2 Å². The summed E-state index contributed by atoms with van der Waals surface area (Å²) < 4.78 is 0. The van der Waals surface area contributed by atoms with Gasteiger partial charge in [0.2, 0.25) is 5.91 Å². The Hall–Kier alpha value is -0.830. The van der Waals surface area contributed by atoms with Gasteiger partial charge in [0, 0.05) is 12.2 Å². The smallest absolute Gasteiger partial charge is 0.241 e. The minimum absolute atomic E-state index is 0.0272. The van der Waals surface area contributed by atoms with Crippen molar-refractivity contribution in [2.24, 2.45) is 0 Å². The summed E-state index contributed by atoms with van der Waals surface area (Å²) in [7, 11) is 2.00. The molecular formula is C11H20N2O. The molecule has 0 unspecified atom stereocenters. The van der Waals surface area contributed by atoms with E-state index in [1.807, 2.05) is 14.0 Å². The maximum atomic E-state index is 11.7. The van der Waals surface area contributed by atoms with Crippen molar-refractivity contribution >= 4 is 5.91 Å². The average Bonchev–Trinajstić information content (AvgIpc) is 2.29. The lowest BCUT2D eigenvalue weighted by atomic mass is 10.1. The van der Waals surface area contributed by atoms with Gasteiger partial charge in [0.05, 0.1) is 6.04 Å². The van der Waals surface area contributed by atoms with E-state index in [-0.39, 0.29) is 11.9 Å². The highest BCUT2D eigenvalue weighted by molar-refractivity contribution is 5.83. The number of amides is 1. The molecule has 0 saturated heterocycles. The molecular weight excluding hydrogens is 176 g/mol. The third-order valence-electron chi connectivity index (χ3n) is 2.96. The first-order valence-electron chi connectivity index (χ1n) is 5.32. The maximum absolute atomic E-state index is 11.7. The zero-order chi connectivity index (χ0) is 10.7. The molecule has 80 valence electrons. The number of hydrogen-bond acceptors (Lipinski definition) is 2. The fraction of sp³-hybridized carbons (Fsp3) is 0.727. The molecule has 0 aromatic carbocycles. The topological polar surface area (TPSA) is 32.3 Å². The Morgan fingerprint density at radius 1 is 1.43 bits per heavy atom. The van der Waals surface area contributed by atoms with E-state index >= 15 is 0 Å². The third kappa shape index (κ3) is 2.15. The van der Waals surface area contributed by atoms with Crippen LogP contribution in [0, 0.1) is 0 Å². The van der Waals surface area contributed by atoms with Crippen LogP contribution in [-0.2, 0) is 4.79 Å². The molecule has 1 heterocycles. The van der Waals surface area contributed by atoms with Crippen molar-refractivity contribution in [3.63, 3.8) is 0 Å². The number of likely N-dealkylation sites (N-methyl/N-ethyl adjacent to an activating group) is 1. The van der Waals surface area contributed by atoms with Crippen LogP contribution >= 0.6 is 0 Å². The molecule has 3 heteroatoms. The SMILES string of the molecule is CCC1=C(CC)NC(=O)[C@H](C)N(C)C1. The van der Waals surface area contributed by atoms with Gasteiger partial charge in [0.15, 0.2) is 0 Å². The molecule has 1 aliphatic heterocycles. The molecule has 14 heavy (non-hydrogen) atoms. The maximum Gasteiger partial charge on any atom is 0.241 e. The number of nitrogens with one attached hydrogen (secondary N) is 1. The zero-order valence-electron chi connectivity index (χ0n) is 9.55. The molecule has 0 fully saturated rings. The van der Waals surface area contributed by atoms with Crippen molar-refractivity contribution < 1.29 is 4.79 Å². The molecule has 0 spiro atoms. The Bertz CT molecular complexity index is 258. The van der Waals surface area contributed by atoms with Crippen LogP contribution in [0.4, 0.5) is 0 Å². The summed E-state index contributed by atoms with van der Waals surface area (Å²) in [5, 5.41) is 3.01. The highest BCUT2D eigenvalue weighted by Crippen LogP contribution is 2.16. The molecule has 1 amide bonds. The highest BCUT2D eigenvalue weighted by atomic mass is 16.2. The first-order chi connectivity index (χ1) is 6.60. The van der Waals surface area contributed by atoms with Crippen molar-refractivity contribution in [2.45, 2.75) is 39.7 Å². The standard InChI is InChI=1S/C11H20N2O/c1-5-9-7-13(4)8(3)11(14)12-10(9)6-2/h8H,5-7H2,1-4H3,(H,12,14)/t8-/m0/s1. The predicted molar refractivity (Wildman–Crippen MR) is 57.8 cm³/mol. The molecule has 0 saturated carbocycles. The van der Waals surface area contributed by atoms with Crippen molar-refractivity contribution in [3.05, 3.63) is 11.3 Å². The quantitative estimate of drug-likeness (QED) is 0.726. The minimum Gasteiger partial charge on any atom is -0.328 e. The number of allylic oxidation sites excluding steroid dienone is 1. The van der Waals surface area contributed by atoms with E-state index in [1.165, 1.54) is 5.57 Å². The Morgan fingerprint density at radius 3 is 2.57 bits per heavy atom. The summed E-state index contributed by atoms with van der Waals surface area (Å²) in [5.41, 5.74) is 2.47. The third-order valence-corrected chi connectivity index (χ3v) is 2.96. The van der Waals surface area contributed by atoms with Crippen LogP contribution in [0.3, 0.4) is 0 Å². The Morgan fingerprint density at radius 2 is 2.07 bits per heavy atom. The van der Waals surface area contributed by atoms with Crippen molar-refractivity contribution in [2.75, 3.05) is 13.6 Å². The van der Waals surface area contributed by atoms with Gasteiger partial charge in [-0.3, -0.25) is 9.69 Å². The number of hydrogen-bond donors (Lipinski definition) is 1. The molecule has 0 aromatic heterocycles. The molecule has 1 N–H and O–H groups in total. The van der Waals surface area contributed by atoms with E-state index in [2.05, 4.69) is 24.1 Å². The number of nitrogens with zero attached hydrogens (tertiary/aromatic N) is 1. The normalized spacial score (nSPS) is 24.9. The second kappa shape index (κ2) is 4.60. The fourth-order valence-corrected chi connectivity index (χ4v) is 1.74. The van der Waals surface area contributed by atoms with Crippen molar-refractivity contribution in [3.8, 4) is 0 Å². The summed E-state index contributed by atoms with van der Waals surface area (Å²) in [5.74, 6) is 0.118. The molecule has 0 radical (unpaired) electrons. The van der Waals surface area contributed by atoms with Gasteiger partial charge in [-0.25, -0.2) is 0 Å². The Kier molecular flexibility index (Phi) is 3.69. The number of carbonyl (C=O) groups is 1. The predicted octanol–water partition coefficient (Wildman–Crippen LogP) is 1.51. The molecule has 1 rings (SSSR count). The van der Waals surface area contributed by atoms with Gasteiger partial charge >= 0.3 is 0 Å². The van der Waals surface area contributed by atoms with Gasteiger partial charge < -0.3 is 5.32 Å². The summed E-state index contributed by atoms with van der Waals surface area (Å²) >= 11 is 0.